The highest BCUT2D eigenvalue weighted by atomic mass is 16.5. The molecular weight excluding hydrogens is 324 g/mol. The van der Waals surface area contributed by atoms with Gasteiger partial charge >= 0.3 is 0 Å². The molecule has 4 heteroatoms. The molecule has 3 rings (SSSR count). The third-order valence-corrected chi connectivity index (χ3v) is 4.82. The molecule has 0 aromatic heterocycles. The van der Waals surface area contributed by atoms with Crippen molar-refractivity contribution in [1.29, 1.82) is 0 Å². The maximum Gasteiger partial charge on any atom is 0.119 e. The van der Waals surface area contributed by atoms with Gasteiger partial charge in [-0.3, -0.25) is 4.90 Å². The fourth-order valence-corrected chi connectivity index (χ4v) is 3.20. The molecule has 1 heterocycles. The number of hydrogen-bond donors (Lipinski definition) is 0. The molecule has 2 aromatic carbocycles. The van der Waals surface area contributed by atoms with E-state index in [1.807, 2.05) is 30.3 Å². The van der Waals surface area contributed by atoms with E-state index in [4.69, 9.17) is 9.47 Å². The first kappa shape index (κ1) is 18.9. The molecule has 4 nitrogen and oxygen atoms in total. The average Bonchev–Trinajstić information content (AvgIpc) is 2.71. The first-order chi connectivity index (χ1) is 12.9. The third kappa shape index (κ3) is 6.79. The largest absolute Gasteiger partial charge is 0.491 e. The molecule has 0 radical (unpaired) electrons. The van der Waals surface area contributed by atoms with Crippen LogP contribution in [0.1, 0.15) is 5.56 Å². The number of ether oxygens (including phenoxy) is 2. The smallest absolute Gasteiger partial charge is 0.119 e. The van der Waals surface area contributed by atoms with E-state index >= 15 is 0 Å². The van der Waals surface area contributed by atoms with Crippen LogP contribution in [0.2, 0.25) is 0 Å². The van der Waals surface area contributed by atoms with Crippen molar-refractivity contribution in [3.63, 3.8) is 0 Å². The summed E-state index contributed by atoms with van der Waals surface area (Å²) in [5.74, 6) is 0.905. The SMILES string of the molecule is c1ccc(CCN2CCN(CCOCCOc3ccccc3)CC2)cc1. The lowest BCUT2D eigenvalue weighted by molar-refractivity contribution is 0.0619. The normalized spacial score (nSPS) is 15.8. The quantitative estimate of drug-likeness (QED) is 0.613. The molecule has 1 aliphatic heterocycles. The van der Waals surface area contributed by atoms with E-state index in [0.29, 0.717) is 13.2 Å². The molecule has 0 atom stereocenters. The van der Waals surface area contributed by atoms with E-state index in [2.05, 4.69) is 40.1 Å². The fraction of sp³-hybridized carbons (Fsp3) is 0.455. The summed E-state index contributed by atoms with van der Waals surface area (Å²) >= 11 is 0. The van der Waals surface area contributed by atoms with Crippen LogP contribution in [0.3, 0.4) is 0 Å². The van der Waals surface area contributed by atoms with Crippen LogP contribution >= 0.6 is 0 Å². The highest BCUT2D eigenvalue weighted by Crippen LogP contribution is 2.08. The van der Waals surface area contributed by atoms with Crippen LogP contribution in [0.15, 0.2) is 60.7 Å². The Morgan fingerprint density at radius 3 is 1.96 bits per heavy atom. The monoisotopic (exact) mass is 354 g/mol. The third-order valence-electron chi connectivity index (χ3n) is 4.82. The number of para-hydroxylation sites is 1. The topological polar surface area (TPSA) is 24.9 Å². The molecule has 0 N–H and O–H groups in total. The van der Waals surface area contributed by atoms with Gasteiger partial charge in [-0.25, -0.2) is 0 Å². The number of piperazine rings is 1. The van der Waals surface area contributed by atoms with E-state index in [9.17, 15) is 0 Å². The highest BCUT2D eigenvalue weighted by Gasteiger charge is 2.16. The molecule has 26 heavy (non-hydrogen) atoms. The van der Waals surface area contributed by atoms with Gasteiger partial charge < -0.3 is 14.4 Å². The lowest BCUT2D eigenvalue weighted by Crippen LogP contribution is -2.47. The van der Waals surface area contributed by atoms with Gasteiger partial charge in [0.25, 0.3) is 0 Å². The summed E-state index contributed by atoms with van der Waals surface area (Å²) in [4.78, 5) is 5.06. The average molecular weight is 354 g/mol. The number of rotatable bonds is 10. The van der Waals surface area contributed by atoms with Crippen LogP contribution in [0, 0.1) is 0 Å². The summed E-state index contributed by atoms with van der Waals surface area (Å²) in [5.41, 5.74) is 1.43. The highest BCUT2D eigenvalue weighted by molar-refractivity contribution is 5.20. The number of nitrogens with zero attached hydrogens (tertiary/aromatic N) is 2. The number of hydrogen-bond acceptors (Lipinski definition) is 4. The summed E-state index contributed by atoms with van der Waals surface area (Å²) in [7, 11) is 0. The number of benzene rings is 2. The van der Waals surface area contributed by atoms with E-state index in [1.54, 1.807) is 0 Å². The van der Waals surface area contributed by atoms with Crippen LogP contribution in [0.25, 0.3) is 0 Å². The van der Waals surface area contributed by atoms with Crippen LogP contribution in [-0.2, 0) is 11.2 Å². The predicted octanol–water partition coefficient (Wildman–Crippen LogP) is 2.94. The maximum absolute atomic E-state index is 5.71. The van der Waals surface area contributed by atoms with E-state index in [-0.39, 0.29) is 0 Å². The maximum atomic E-state index is 5.71. The zero-order valence-electron chi connectivity index (χ0n) is 15.6. The molecule has 1 saturated heterocycles. The first-order valence-electron chi connectivity index (χ1n) is 9.64. The minimum Gasteiger partial charge on any atom is -0.491 e. The summed E-state index contributed by atoms with van der Waals surface area (Å²) < 4.78 is 11.3. The van der Waals surface area contributed by atoms with Gasteiger partial charge in [0.2, 0.25) is 0 Å². The molecule has 0 saturated carbocycles. The van der Waals surface area contributed by atoms with Crippen molar-refractivity contribution in [2.45, 2.75) is 6.42 Å². The first-order valence-corrected chi connectivity index (χ1v) is 9.64. The van der Waals surface area contributed by atoms with Crippen molar-refractivity contribution >= 4 is 0 Å². The summed E-state index contributed by atoms with van der Waals surface area (Å²) in [6.07, 6.45) is 1.14. The van der Waals surface area contributed by atoms with E-state index < -0.39 is 0 Å². The van der Waals surface area contributed by atoms with Gasteiger partial charge in [0.1, 0.15) is 12.4 Å². The lowest BCUT2D eigenvalue weighted by Gasteiger charge is -2.34. The molecule has 0 bridgehead atoms. The van der Waals surface area contributed by atoms with Gasteiger partial charge in [-0.1, -0.05) is 48.5 Å². The predicted molar refractivity (Wildman–Crippen MR) is 106 cm³/mol. The Bertz CT molecular complexity index is 598. The van der Waals surface area contributed by atoms with Crippen molar-refractivity contribution in [1.82, 2.24) is 9.80 Å². The Kier molecular flexibility index (Phi) is 7.97. The second kappa shape index (κ2) is 11.0. The van der Waals surface area contributed by atoms with Gasteiger partial charge in [0.15, 0.2) is 0 Å². The van der Waals surface area contributed by atoms with Crippen molar-refractivity contribution in [3.05, 3.63) is 66.2 Å². The zero-order valence-corrected chi connectivity index (χ0v) is 15.6. The second-order valence-electron chi connectivity index (χ2n) is 6.69. The van der Waals surface area contributed by atoms with Gasteiger partial charge in [0, 0.05) is 39.3 Å². The summed E-state index contributed by atoms with van der Waals surface area (Å²) in [6.45, 7) is 8.79. The van der Waals surface area contributed by atoms with Crippen LogP contribution in [0.5, 0.6) is 5.75 Å². The Hall–Kier alpha value is -1.88. The van der Waals surface area contributed by atoms with Crippen molar-refractivity contribution < 1.29 is 9.47 Å². The lowest BCUT2D eigenvalue weighted by atomic mass is 10.1. The second-order valence-corrected chi connectivity index (χ2v) is 6.69. The van der Waals surface area contributed by atoms with Crippen molar-refractivity contribution in [2.75, 3.05) is 59.1 Å². The summed E-state index contributed by atoms with van der Waals surface area (Å²) in [6, 6.07) is 20.7. The Morgan fingerprint density at radius 1 is 0.654 bits per heavy atom. The van der Waals surface area contributed by atoms with Gasteiger partial charge in [-0.05, 0) is 24.1 Å². The zero-order chi connectivity index (χ0) is 17.9. The van der Waals surface area contributed by atoms with Crippen LogP contribution in [-0.4, -0.2) is 68.9 Å². The molecule has 1 aliphatic rings. The molecule has 140 valence electrons. The standard InChI is InChI=1S/C22H30N2O2/c1-3-7-21(8-4-1)11-12-23-13-15-24(16-14-23)17-18-25-19-20-26-22-9-5-2-6-10-22/h1-10H,11-20H2. The molecule has 0 unspecified atom stereocenters. The molecule has 0 amide bonds. The molecule has 0 aliphatic carbocycles. The Labute approximate surface area is 157 Å². The van der Waals surface area contributed by atoms with E-state index in [0.717, 1.165) is 58.0 Å². The molecular formula is C22H30N2O2. The van der Waals surface area contributed by atoms with Gasteiger partial charge in [-0.2, -0.15) is 0 Å². The molecule has 1 fully saturated rings. The fourth-order valence-electron chi connectivity index (χ4n) is 3.20. The minimum absolute atomic E-state index is 0.608. The van der Waals surface area contributed by atoms with Crippen LogP contribution in [0.4, 0.5) is 0 Å². The molecule has 2 aromatic rings. The Balaban J connectivity index is 1.20. The van der Waals surface area contributed by atoms with Crippen molar-refractivity contribution in [2.24, 2.45) is 0 Å². The van der Waals surface area contributed by atoms with E-state index in [1.165, 1.54) is 5.56 Å². The van der Waals surface area contributed by atoms with Crippen LogP contribution < -0.4 is 4.74 Å². The minimum atomic E-state index is 0.608. The van der Waals surface area contributed by atoms with Crippen molar-refractivity contribution in [3.8, 4) is 5.75 Å². The summed E-state index contributed by atoms with van der Waals surface area (Å²) in [5, 5.41) is 0. The van der Waals surface area contributed by atoms with Gasteiger partial charge in [0.05, 0.1) is 13.2 Å². The van der Waals surface area contributed by atoms with Gasteiger partial charge in [-0.15, -0.1) is 0 Å². The Morgan fingerprint density at radius 2 is 1.27 bits per heavy atom. The molecule has 0 spiro atoms.